The molecule has 1 rings (SSSR count). The quantitative estimate of drug-likeness (QED) is 0.781. The summed E-state index contributed by atoms with van der Waals surface area (Å²) in [4.78, 5) is 2.63. The Kier molecular flexibility index (Phi) is 4.81. The molecule has 0 bridgehead atoms. The molecule has 1 unspecified atom stereocenters. The van der Waals surface area contributed by atoms with E-state index in [-0.39, 0.29) is 5.54 Å². The highest BCUT2D eigenvalue weighted by Crippen LogP contribution is 2.43. The summed E-state index contributed by atoms with van der Waals surface area (Å²) < 4.78 is 0. The molecule has 0 aromatic rings. The molecule has 0 amide bonds. The molecule has 0 radical (unpaired) electrons. The minimum absolute atomic E-state index is 0.284. The summed E-state index contributed by atoms with van der Waals surface area (Å²) in [6.45, 7) is 12.5. The lowest BCUT2D eigenvalue weighted by molar-refractivity contribution is 0.0131. The van der Waals surface area contributed by atoms with Gasteiger partial charge < -0.3 is 5.73 Å². The van der Waals surface area contributed by atoms with E-state index in [4.69, 9.17) is 5.73 Å². The van der Waals surface area contributed by atoms with Crippen LogP contribution in [0.15, 0.2) is 0 Å². The van der Waals surface area contributed by atoms with E-state index in [2.05, 4.69) is 32.6 Å². The van der Waals surface area contributed by atoms with Crippen LogP contribution in [0.25, 0.3) is 0 Å². The zero-order valence-electron chi connectivity index (χ0n) is 11.7. The summed E-state index contributed by atoms with van der Waals surface area (Å²) in [5.41, 5.74) is 6.88. The molecule has 0 aliphatic heterocycles. The van der Waals surface area contributed by atoms with Gasteiger partial charge in [0.1, 0.15) is 0 Å². The Hall–Kier alpha value is -0.0800. The van der Waals surface area contributed by atoms with E-state index in [0.717, 1.165) is 13.1 Å². The lowest BCUT2D eigenvalue weighted by Crippen LogP contribution is -2.57. The fourth-order valence-electron chi connectivity index (χ4n) is 3.54. The van der Waals surface area contributed by atoms with Gasteiger partial charge in [-0.15, -0.1) is 0 Å². The third-order valence-corrected chi connectivity index (χ3v) is 4.23. The average molecular weight is 226 g/mol. The standard InChI is InChI=1S/C14H30N2/c1-5-10-16(6-2)14(12-15)9-7-8-13(3,4)11-14/h5-12,15H2,1-4H3. The molecule has 1 aliphatic carbocycles. The van der Waals surface area contributed by atoms with Crippen LogP contribution in [0.2, 0.25) is 0 Å². The van der Waals surface area contributed by atoms with Gasteiger partial charge in [0.05, 0.1) is 0 Å². The van der Waals surface area contributed by atoms with Crippen LogP contribution in [0, 0.1) is 5.41 Å². The van der Waals surface area contributed by atoms with Crippen molar-refractivity contribution in [2.45, 2.75) is 65.3 Å². The van der Waals surface area contributed by atoms with Crippen molar-refractivity contribution in [1.29, 1.82) is 0 Å². The lowest BCUT2D eigenvalue weighted by Gasteiger charge is -2.51. The molecule has 96 valence electrons. The monoisotopic (exact) mass is 226 g/mol. The maximum absolute atomic E-state index is 6.12. The number of hydrogen-bond acceptors (Lipinski definition) is 2. The van der Waals surface area contributed by atoms with Crippen molar-refractivity contribution < 1.29 is 0 Å². The Morgan fingerprint density at radius 2 is 1.88 bits per heavy atom. The first kappa shape index (κ1) is 14.0. The molecule has 0 aromatic heterocycles. The second kappa shape index (κ2) is 5.50. The van der Waals surface area contributed by atoms with Crippen LogP contribution in [0.5, 0.6) is 0 Å². The summed E-state index contributed by atoms with van der Waals surface area (Å²) in [6.07, 6.45) is 6.49. The van der Waals surface area contributed by atoms with Crippen molar-refractivity contribution in [3.05, 3.63) is 0 Å². The van der Waals surface area contributed by atoms with Gasteiger partial charge in [-0.3, -0.25) is 4.90 Å². The highest BCUT2D eigenvalue weighted by Gasteiger charge is 2.42. The van der Waals surface area contributed by atoms with E-state index in [1.807, 2.05) is 0 Å². The van der Waals surface area contributed by atoms with E-state index in [1.54, 1.807) is 0 Å². The van der Waals surface area contributed by atoms with Gasteiger partial charge in [0.15, 0.2) is 0 Å². The summed E-state index contributed by atoms with van der Waals surface area (Å²) in [7, 11) is 0. The zero-order valence-corrected chi connectivity index (χ0v) is 11.7. The molecular formula is C14H30N2. The van der Waals surface area contributed by atoms with Gasteiger partial charge >= 0.3 is 0 Å². The van der Waals surface area contributed by atoms with Crippen molar-refractivity contribution in [2.24, 2.45) is 11.1 Å². The smallest absolute Gasteiger partial charge is 0.0336 e. The van der Waals surface area contributed by atoms with Crippen molar-refractivity contribution in [2.75, 3.05) is 19.6 Å². The molecule has 1 fully saturated rings. The maximum atomic E-state index is 6.12. The molecule has 2 N–H and O–H groups in total. The number of hydrogen-bond donors (Lipinski definition) is 1. The first-order valence-electron chi connectivity index (χ1n) is 6.95. The van der Waals surface area contributed by atoms with Gasteiger partial charge in [0.2, 0.25) is 0 Å². The van der Waals surface area contributed by atoms with Crippen LogP contribution < -0.4 is 5.73 Å². The molecule has 0 spiro atoms. The Bertz CT molecular complexity index is 213. The van der Waals surface area contributed by atoms with Gasteiger partial charge in [-0.25, -0.2) is 0 Å². The first-order valence-corrected chi connectivity index (χ1v) is 6.95. The van der Waals surface area contributed by atoms with E-state index in [9.17, 15) is 0 Å². The first-order chi connectivity index (χ1) is 7.49. The fourth-order valence-corrected chi connectivity index (χ4v) is 3.54. The Labute approximate surface area is 102 Å². The van der Waals surface area contributed by atoms with Crippen molar-refractivity contribution in [3.8, 4) is 0 Å². The van der Waals surface area contributed by atoms with Crippen LogP contribution in [0.3, 0.4) is 0 Å². The molecular weight excluding hydrogens is 196 g/mol. The van der Waals surface area contributed by atoms with E-state index in [0.29, 0.717) is 5.41 Å². The zero-order chi connectivity index (χ0) is 12.2. The normalized spacial score (nSPS) is 29.6. The highest BCUT2D eigenvalue weighted by atomic mass is 15.2. The average Bonchev–Trinajstić information content (AvgIpc) is 2.24. The Morgan fingerprint density at radius 1 is 1.19 bits per heavy atom. The molecule has 1 saturated carbocycles. The van der Waals surface area contributed by atoms with Gasteiger partial charge in [-0.1, -0.05) is 34.1 Å². The molecule has 0 heterocycles. The summed E-state index contributed by atoms with van der Waals surface area (Å²) in [5, 5.41) is 0. The van der Waals surface area contributed by atoms with Gasteiger partial charge in [0, 0.05) is 12.1 Å². The van der Waals surface area contributed by atoms with Crippen LogP contribution in [-0.4, -0.2) is 30.1 Å². The SMILES string of the molecule is CCCN(CC)C1(CN)CCCC(C)(C)C1. The number of likely N-dealkylation sites (N-methyl/N-ethyl adjacent to an activating group) is 1. The third-order valence-electron chi connectivity index (χ3n) is 4.23. The molecule has 0 aromatic carbocycles. The van der Waals surface area contributed by atoms with Crippen LogP contribution in [-0.2, 0) is 0 Å². The van der Waals surface area contributed by atoms with Crippen LogP contribution in [0.1, 0.15) is 59.8 Å². The van der Waals surface area contributed by atoms with E-state index < -0.39 is 0 Å². The minimum Gasteiger partial charge on any atom is -0.329 e. The predicted octanol–water partition coefficient (Wildman–Crippen LogP) is 3.02. The van der Waals surface area contributed by atoms with Gasteiger partial charge in [0.25, 0.3) is 0 Å². The molecule has 1 aliphatic rings. The van der Waals surface area contributed by atoms with Crippen LogP contribution >= 0.6 is 0 Å². The van der Waals surface area contributed by atoms with E-state index in [1.165, 1.54) is 38.6 Å². The predicted molar refractivity (Wildman–Crippen MR) is 71.6 cm³/mol. The largest absolute Gasteiger partial charge is 0.329 e. The van der Waals surface area contributed by atoms with Gasteiger partial charge in [-0.2, -0.15) is 0 Å². The number of rotatable bonds is 5. The van der Waals surface area contributed by atoms with E-state index >= 15 is 0 Å². The Morgan fingerprint density at radius 3 is 2.31 bits per heavy atom. The summed E-state index contributed by atoms with van der Waals surface area (Å²) in [6, 6.07) is 0. The van der Waals surface area contributed by atoms with Gasteiger partial charge in [-0.05, 0) is 44.2 Å². The topological polar surface area (TPSA) is 29.3 Å². The molecule has 16 heavy (non-hydrogen) atoms. The Balaban J connectivity index is 2.82. The molecule has 0 saturated heterocycles. The lowest BCUT2D eigenvalue weighted by atomic mass is 9.67. The minimum atomic E-state index is 0.284. The number of nitrogens with two attached hydrogens (primary N) is 1. The number of nitrogens with zero attached hydrogens (tertiary/aromatic N) is 1. The summed E-state index contributed by atoms with van der Waals surface area (Å²) in [5.74, 6) is 0. The second-order valence-corrected chi connectivity index (χ2v) is 6.20. The third kappa shape index (κ3) is 2.98. The fraction of sp³-hybridized carbons (Fsp3) is 1.00. The second-order valence-electron chi connectivity index (χ2n) is 6.20. The van der Waals surface area contributed by atoms with Crippen molar-refractivity contribution >= 4 is 0 Å². The molecule has 2 nitrogen and oxygen atoms in total. The maximum Gasteiger partial charge on any atom is 0.0336 e. The van der Waals surface area contributed by atoms with Crippen molar-refractivity contribution in [3.63, 3.8) is 0 Å². The highest BCUT2D eigenvalue weighted by molar-refractivity contribution is 4.99. The van der Waals surface area contributed by atoms with Crippen LogP contribution in [0.4, 0.5) is 0 Å². The van der Waals surface area contributed by atoms with Crippen molar-refractivity contribution in [1.82, 2.24) is 4.90 Å². The molecule has 2 heteroatoms. The summed E-state index contributed by atoms with van der Waals surface area (Å²) >= 11 is 0. The molecule has 1 atom stereocenters.